The normalized spacial score (nSPS) is 31.7. The van der Waals surface area contributed by atoms with E-state index in [2.05, 4.69) is 15.2 Å². The van der Waals surface area contributed by atoms with Gasteiger partial charge in [0.1, 0.15) is 0 Å². The molecule has 0 aromatic heterocycles. The van der Waals surface area contributed by atoms with E-state index in [0.717, 1.165) is 43.7 Å². The second-order valence-electron chi connectivity index (χ2n) is 6.81. The van der Waals surface area contributed by atoms with Crippen LogP contribution in [0.5, 0.6) is 0 Å². The summed E-state index contributed by atoms with van der Waals surface area (Å²) in [6, 6.07) is 0.656. The maximum atomic E-state index is 9.60. The van der Waals surface area contributed by atoms with Crippen LogP contribution in [-0.4, -0.2) is 48.2 Å². The Kier molecular flexibility index (Phi) is 6.59. The first-order valence-electron chi connectivity index (χ1n) is 8.44. The molecule has 2 unspecified atom stereocenters. The van der Waals surface area contributed by atoms with Crippen molar-refractivity contribution in [3.8, 4) is 0 Å². The van der Waals surface area contributed by atoms with Gasteiger partial charge in [-0.3, -0.25) is 4.99 Å². The van der Waals surface area contributed by atoms with Crippen LogP contribution >= 0.6 is 24.0 Å². The average molecular weight is 407 g/mol. The summed E-state index contributed by atoms with van der Waals surface area (Å²) in [5, 5.41) is 13.3. The molecule has 3 fully saturated rings. The predicted molar refractivity (Wildman–Crippen MR) is 97.2 cm³/mol. The van der Waals surface area contributed by atoms with Gasteiger partial charge in [-0.05, 0) is 31.1 Å². The van der Waals surface area contributed by atoms with Gasteiger partial charge in [0.25, 0.3) is 0 Å². The van der Waals surface area contributed by atoms with Crippen LogP contribution < -0.4 is 5.32 Å². The molecule has 21 heavy (non-hydrogen) atoms. The first-order chi connectivity index (χ1) is 9.78. The van der Waals surface area contributed by atoms with Crippen LogP contribution in [0.15, 0.2) is 4.99 Å². The van der Waals surface area contributed by atoms with Crippen LogP contribution in [0.1, 0.15) is 51.4 Å². The number of piperidine rings is 1. The van der Waals surface area contributed by atoms with Gasteiger partial charge in [0.15, 0.2) is 5.96 Å². The molecule has 0 amide bonds. The number of nitrogens with one attached hydrogen (secondary N) is 1. The second-order valence-corrected chi connectivity index (χ2v) is 6.81. The van der Waals surface area contributed by atoms with E-state index in [4.69, 9.17) is 0 Å². The molecule has 0 aromatic carbocycles. The Balaban J connectivity index is 0.00000161. The Hall–Kier alpha value is -0.0400. The Labute approximate surface area is 145 Å². The molecular formula is C16H30IN3O. The number of guanidine groups is 1. The SMILES string of the molecule is CN=C(NC1CC1C1CCCCC1)N1CCC(O)CC1.I. The highest BCUT2D eigenvalue weighted by Gasteiger charge is 2.43. The first-order valence-corrected chi connectivity index (χ1v) is 8.44. The van der Waals surface area contributed by atoms with E-state index in [1.165, 1.54) is 38.5 Å². The van der Waals surface area contributed by atoms with Crippen molar-refractivity contribution in [2.24, 2.45) is 16.8 Å². The number of rotatable bonds is 2. The average Bonchev–Trinajstić information content (AvgIpc) is 3.26. The second kappa shape index (κ2) is 7.99. The number of aliphatic imine (C=N–C) groups is 1. The molecule has 0 aromatic rings. The van der Waals surface area contributed by atoms with Gasteiger partial charge >= 0.3 is 0 Å². The molecule has 1 heterocycles. The number of likely N-dealkylation sites (tertiary alicyclic amines) is 1. The third-order valence-electron chi connectivity index (χ3n) is 5.39. The van der Waals surface area contributed by atoms with Crippen molar-refractivity contribution < 1.29 is 5.11 Å². The highest BCUT2D eigenvalue weighted by atomic mass is 127. The molecule has 2 N–H and O–H groups in total. The van der Waals surface area contributed by atoms with Crippen molar-refractivity contribution >= 4 is 29.9 Å². The highest BCUT2D eigenvalue weighted by molar-refractivity contribution is 14.0. The summed E-state index contributed by atoms with van der Waals surface area (Å²) in [6.45, 7) is 1.86. The lowest BCUT2D eigenvalue weighted by atomic mass is 9.85. The fourth-order valence-corrected chi connectivity index (χ4v) is 4.00. The molecule has 5 heteroatoms. The van der Waals surface area contributed by atoms with Gasteiger partial charge in [0, 0.05) is 26.2 Å². The molecule has 1 saturated heterocycles. The lowest BCUT2D eigenvalue weighted by molar-refractivity contribution is 0.108. The molecule has 3 aliphatic rings. The summed E-state index contributed by atoms with van der Waals surface area (Å²) < 4.78 is 0. The zero-order valence-electron chi connectivity index (χ0n) is 13.1. The number of hydrogen-bond donors (Lipinski definition) is 2. The van der Waals surface area contributed by atoms with Crippen LogP contribution in [0.3, 0.4) is 0 Å². The molecule has 1 aliphatic heterocycles. The van der Waals surface area contributed by atoms with Gasteiger partial charge in [0.05, 0.1) is 6.10 Å². The maximum Gasteiger partial charge on any atom is 0.193 e. The van der Waals surface area contributed by atoms with Crippen LogP contribution in [0.2, 0.25) is 0 Å². The number of aliphatic hydroxyl groups is 1. The molecule has 0 radical (unpaired) electrons. The largest absolute Gasteiger partial charge is 0.393 e. The summed E-state index contributed by atoms with van der Waals surface area (Å²) in [5.74, 6) is 2.91. The third-order valence-corrected chi connectivity index (χ3v) is 5.39. The Morgan fingerprint density at radius 3 is 2.38 bits per heavy atom. The van der Waals surface area contributed by atoms with Crippen LogP contribution in [-0.2, 0) is 0 Å². The molecule has 2 aliphatic carbocycles. The zero-order valence-corrected chi connectivity index (χ0v) is 15.5. The van der Waals surface area contributed by atoms with Gasteiger partial charge in [0.2, 0.25) is 0 Å². The Bertz CT molecular complexity index is 349. The number of halogens is 1. The summed E-state index contributed by atoms with van der Waals surface area (Å²) in [5.41, 5.74) is 0. The molecule has 3 rings (SSSR count). The van der Waals surface area contributed by atoms with Crippen LogP contribution in [0.4, 0.5) is 0 Å². The van der Waals surface area contributed by atoms with Crippen LogP contribution in [0, 0.1) is 11.8 Å². The lowest BCUT2D eigenvalue weighted by Gasteiger charge is -2.32. The van der Waals surface area contributed by atoms with E-state index in [1.807, 2.05) is 7.05 Å². The molecule has 0 bridgehead atoms. The third kappa shape index (κ3) is 4.47. The quantitative estimate of drug-likeness (QED) is 0.420. The van der Waals surface area contributed by atoms with E-state index in [1.54, 1.807) is 0 Å². The molecule has 4 nitrogen and oxygen atoms in total. The Morgan fingerprint density at radius 2 is 1.76 bits per heavy atom. The van der Waals surface area contributed by atoms with E-state index in [-0.39, 0.29) is 30.1 Å². The summed E-state index contributed by atoms with van der Waals surface area (Å²) in [6.07, 6.45) is 10.2. The standard InChI is InChI=1S/C16H29N3O.HI/c1-17-16(19-9-7-13(20)8-10-19)18-15-11-14(15)12-5-3-2-4-6-12;/h12-15,20H,2-11H2,1H3,(H,17,18);1H. The van der Waals surface area contributed by atoms with Gasteiger partial charge in [-0.2, -0.15) is 0 Å². The van der Waals surface area contributed by atoms with E-state index in [9.17, 15) is 5.11 Å². The molecule has 0 spiro atoms. The molecule has 122 valence electrons. The maximum absolute atomic E-state index is 9.60. The monoisotopic (exact) mass is 407 g/mol. The molecular weight excluding hydrogens is 377 g/mol. The summed E-state index contributed by atoms with van der Waals surface area (Å²) in [7, 11) is 1.88. The fourth-order valence-electron chi connectivity index (χ4n) is 4.00. The topological polar surface area (TPSA) is 47.9 Å². The first kappa shape index (κ1) is 17.3. The van der Waals surface area contributed by atoms with Gasteiger partial charge < -0.3 is 15.3 Å². The molecule has 2 saturated carbocycles. The smallest absolute Gasteiger partial charge is 0.193 e. The summed E-state index contributed by atoms with van der Waals surface area (Å²) >= 11 is 0. The number of hydrogen-bond acceptors (Lipinski definition) is 2. The minimum Gasteiger partial charge on any atom is -0.393 e. The van der Waals surface area contributed by atoms with Crippen molar-refractivity contribution in [3.05, 3.63) is 0 Å². The van der Waals surface area contributed by atoms with E-state index in [0.29, 0.717) is 6.04 Å². The van der Waals surface area contributed by atoms with E-state index < -0.39 is 0 Å². The number of nitrogens with zero attached hydrogens (tertiary/aromatic N) is 2. The fraction of sp³-hybridized carbons (Fsp3) is 0.938. The Morgan fingerprint density at radius 1 is 1.10 bits per heavy atom. The summed E-state index contributed by atoms with van der Waals surface area (Å²) in [4.78, 5) is 6.75. The predicted octanol–water partition coefficient (Wildman–Crippen LogP) is 2.61. The highest BCUT2D eigenvalue weighted by Crippen LogP contribution is 2.44. The van der Waals surface area contributed by atoms with Crippen molar-refractivity contribution in [1.82, 2.24) is 10.2 Å². The van der Waals surface area contributed by atoms with Crippen molar-refractivity contribution in [1.29, 1.82) is 0 Å². The van der Waals surface area contributed by atoms with Gasteiger partial charge in [-0.1, -0.05) is 32.1 Å². The van der Waals surface area contributed by atoms with Crippen molar-refractivity contribution in [2.75, 3.05) is 20.1 Å². The molecule has 2 atom stereocenters. The van der Waals surface area contributed by atoms with Gasteiger partial charge in [-0.25, -0.2) is 0 Å². The van der Waals surface area contributed by atoms with Crippen LogP contribution in [0.25, 0.3) is 0 Å². The number of aliphatic hydroxyl groups excluding tert-OH is 1. The van der Waals surface area contributed by atoms with Crippen molar-refractivity contribution in [2.45, 2.75) is 63.5 Å². The van der Waals surface area contributed by atoms with Crippen molar-refractivity contribution in [3.63, 3.8) is 0 Å². The lowest BCUT2D eigenvalue weighted by Crippen LogP contribution is -2.47. The van der Waals surface area contributed by atoms with Gasteiger partial charge in [-0.15, -0.1) is 24.0 Å². The van der Waals surface area contributed by atoms with E-state index >= 15 is 0 Å². The minimum atomic E-state index is -0.111. The zero-order chi connectivity index (χ0) is 13.9. The minimum absolute atomic E-state index is 0.